The molecule has 16 heavy (non-hydrogen) atoms. The lowest BCUT2D eigenvalue weighted by Crippen LogP contribution is -2.05. The summed E-state index contributed by atoms with van der Waals surface area (Å²) < 4.78 is 13.5. The van der Waals surface area contributed by atoms with Crippen LogP contribution in [0.4, 0.5) is 4.39 Å². The molecule has 0 nitrogen and oxygen atoms in total. The van der Waals surface area contributed by atoms with Gasteiger partial charge in [-0.2, -0.15) is 0 Å². The number of hydrogen-bond acceptors (Lipinski definition) is 0. The van der Waals surface area contributed by atoms with Crippen LogP contribution in [0.5, 0.6) is 0 Å². The third kappa shape index (κ3) is 4.84. The first-order valence-corrected chi connectivity index (χ1v) is 6.86. The summed E-state index contributed by atoms with van der Waals surface area (Å²) in [5, 5.41) is 0.457. The summed E-state index contributed by atoms with van der Waals surface area (Å²) in [7, 11) is 0. The van der Waals surface area contributed by atoms with Crippen LogP contribution in [0.1, 0.15) is 32.3 Å². The first-order valence-electron chi connectivity index (χ1n) is 5.57. The highest BCUT2D eigenvalue weighted by atomic mass is 79.9. The zero-order valence-electron chi connectivity index (χ0n) is 9.64. The van der Waals surface area contributed by atoms with Gasteiger partial charge in [-0.1, -0.05) is 47.4 Å². The molecule has 1 unspecified atom stereocenters. The Bertz CT molecular complexity index is 339. The maximum atomic E-state index is 13.5. The Labute approximate surface area is 110 Å². The number of benzene rings is 1. The minimum atomic E-state index is -0.197. The second-order valence-corrected chi connectivity index (χ2v) is 6.23. The standard InChI is InChI=1S/C13H17BrClF/c1-9(2)7-11(14)5-3-10-4-6-12(15)8-13(10)16/h4,6,8-9,11H,3,5,7H2,1-2H3. The van der Waals surface area contributed by atoms with E-state index in [9.17, 15) is 4.39 Å². The van der Waals surface area contributed by atoms with Gasteiger partial charge in [0.2, 0.25) is 0 Å². The first kappa shape index (κ1) is 14.0. The number of alkyl halides is 1. The minimum absolute atomic E-state index is 0.197. The lowest BCUT2D eigenvalue weighted by atomic mass is 10.0. The van der Waals surface area contributed by atoms with E-state index in [2.05, 4.69) is 29.8 Å². The van der Waals surface area contributed by atoms with E-state index in [4.69, 9.17) is 11.6 Å². The molecule has 1 rings (SSSR count). The smallest absolute Gasteiger partial charge is 0.127 e. The van der Waals surface area contributed by atoms with E-state index in [1.165, 1.54) is 6.07 Å². The van der Waals surface area contributed by atoms with Crippen LogP contribution in [0.3, 0.4) is 0 Å². The monoisotopic (exact) mass is 306 g/mol. The fourth-order valence-corrected chi connectivity index (χ4v) is 2.80. The van der Waals surface area contributed by atoms with E-state index in [-0.39, 0.29) is 5.82 Å². The molecule has 0 saturated carbocycles. The predicted octanol–water partition coefficient (Wildman–Crippen LogP) is 5.22. The number of aryl methyl sites for hydroxylation is 1. The van der Waals surface area contributed by atoms with E-state index in [0.29, 0.717) is 15.8 Å². The Morgan fingerprint density at radius 2 is 2.06 bits per heavy atom. The Morgan fingerprint density at radius 1 is 1.38 bits per heavy atom. The van der Waals surface area contributed by atoms with Crippen molar-refractivity contribution < 1.29 is 4.39 Å². The quantitative estimate of drug-likeness (QED) is 0.654. The normalized spacial score (nSPS) is 13.1. The van der Waals surface area contributed by atoms with E-state index in [1.54, 1.807) is 12.1 Å². The van der Waals surface area contributed by atoms with Gasteiger partial charge < -0.3 is 0 Å². The molecule has 1 atom stereocenters. The highest BCUT2D eigenvalue weighted by Crippen LogP contribution is 2.21. The zero-order valence-corrected chi connectivity index (χ0v) is 12.0. The van der Waals surface area contributed by atoms with Crippen molar-refractivity contribution in [2.24, 2.45) is 5.92 Å². The summed E-state index contributed by atoms with van der Waals surface area (Å²) in [5.41, 5.74) is 0.748. The van der Waals surface area contributed by atoms with E-state index in [1.807, 2.05) is 0 Å². The van der Waals surface area contributed by atoms with Crippen LogP contribution in [-0.4, -0.2) is 4.83 Å². The van der Waals surface area contributed by atoms with Crippen molar-refractivity contribution in [3.8, 4) is 0 Å². The van der Waals surface area contributed by atoms with Crippen molar-refractivity contribution >= 4 is 27.5 Å². The molecule has 1 aromatic rings. The molecule has 0 amide bonds. The molecule has 0 bridgehead atoms. The van der Waals surface area contributed by atoms with E-state index >= 15 is 0 Å². The van der Waals surface area contributed by atoms with Crippen molar-refractivity contribution in [3.63, 3.8) is 0 Å². The molecule has 0 spiro atoms. The molecule has 0 aliphatic heterocycles. The molecule has 0 aliphatic carbocycles. The van der Waals surface area contributed by atoms with Crippen LogP contribution in [-0.2, 0) is 6.42 Å². The van der Waals surface area contributed by atoms with Crippen LogP contribution in [0.15, 0.2) is 18.2 Å². The second-order valence-electron chi connectivity index (χ2n) is 4.50. The molecule has 0 N–H and O–H groups in total. The first-order chi connectivity index (χ1) is 7.49. The average Bonchev–Trinajstić information content (AvgIpc) is 2.15. The fraction of sp³-hybridized carbons (Fsp3) is 0.538. The topological polar surface area (TPSA) is 0 Å². The highest BCUT2D eigenvalue weighted by molar-refractivity contribution is 9.09. The van der Waals surface area contributed by atoms with Gasteiger partial charge in [-0.15, -0.1) is 0 Å². The molecule has 3 heteroatoms. The third-order valence-corrected chi connectivity index (χ3v) is 3.54. The number of rotatable bonds is 5. The summed E-state index contributed by atoms with van der Waals surface area (Å²) >= 11 is 9.33. The minimum Gasteiger partial charge on any atom is -0.207 e. The van der Waals surface area contributed by atoms with Crippen molar-refractivity contribution in [3.05, 3.63) is 34.6 Å². The average molecular weight is 308 g/mol. The van der Waals surface area contributed by atoms with Gasteiger partial charge in [0, 0.05) is 9.85 Å². The lowest BCUT2D eigenvalue weighted by Gasteiger charge is -2.12. The van der Waals surface area contributed by atoms with Crippen molar-refractivity contribution in [2.45, 2.75) is 37.9 Å². The fourth-order valence-electron chi connectivity index (χ4n) is 1.67. The molecule has 0 fully saturated rings. The number of hydrogen-bond donors (Lipinski definition) is 0. The zero-order chi connectivity index (χ0) is 12.1. The Kier molecular flexibility index (Phi) is 5.77. The van der Waals surface area contributed by atoms with E-state index in [0.717, 1.165) is 24.8 Å². The van der Waals surface area contributed by atoms with Crippen LogP contribution in [0.25, 0.3) is 0 Å². The summed E-state index contributed by atoms with van der Waals surface area (Å²) in [6, 6.07) is 4.89. The molecule has 90 valence electrons. The van der Waals surface area contributed by atoms with Crippen LogP contribution < -0.4 is 0 Å². The third-order valence-electron chi connectivity index (χ3n) is 2.47. The van der Waals surface area contributed by atoms with Gasteiger partial charge in [0.1, 0.15) is 5.82 Å². The largest absolute Gasteiger partial charge is 0.207 e. The van der Waals surface area contributed by atoms with Gasteiger partial charge in [-0.05, 0) is 42.9 Å². The Balaban J connectivity index is 2.48. The van der Waals surface area contributed by atoms with Gasteiger partial charge in [-0.25, -0.2) is 4.39 Å². The summed E-state index contributed by atoms with van der Waals surface area (Å²) in [6.07, 6.45) is 2.83. The maximum Gasteiger partial charge on any atom is 0.127 e. The van der Waals surface area contributed by atoms with Gasteiger partial charge in [0.15, 0.2) is 0 Å². The SMILES string of the molecule is CC(C)CC(Br)CCc1ccc(Cl)cc1F. The number of halogens is 3. The molecule has 0 aliphatic rings. The van der Waals surface area contributed by atoms with Crippen molar-refractivity contribution in [1.82, 2.24) is 0 Å². The molecule has 0 aromatic heterocycles. The summed E-state index contributed by atoms with van der Waals surface area (Å²) in [5.74, 6) is 0.469. The molecular formula is C13H17BrClF. The lowest BCUT2D eigenvalue weighted by molar-refractivity contribution is 0.546. The van der Waals surface area contributed by atoms with Crippen molar-refractivity contribution in [2.75, 3.05) is 0 Å². The predicted molar refractivity (Wildman–Crippen MR) is 71.9 cm³/mol. The second kappa shape index (κ2) is 6.61. The maximum absolute atomic E-state index is 13.5. The molecule has 0 heterocycles. The molecular weight excluding hydrogens is 290 g/mol. The summed E-state index contributed by atoms with van der Waals surface area (Å²) in [4.78, 5) is 0.461. The highest BCUT2D eigenvalue weighted by Gasteiger charge is 2.09. The van der Waals surface area contributed by atoms with Crippen LogP contribution in [0.2, 0.25) is 5.02 Å². The van der Waals surface area contributed by atoms with Crippen LogP contribution >= 0.6 is 27.5 Å². The Morgan fingerprint density at radius 3 is 2.62 bits per heavy atom. The molecule has 1 aromatic carbocycles. The van der Waals surface area contributed by atoms with Gasteiger partial charge in [-0.3, -0.25) is 0 Å². The van der Waals surface area contributed by atoms with Crippen LogP contribution in [0, 0.1) is 11.7 Å². The van der Waals surface area contributed by atoms with E-state index < -0.39 is 0 Å². The van der Waals surface area contributed by atoms with Crippen molar-refractivity contribution in [1.29, 1.82) is 0 Å². The van der Waals surface area contributed by atoms with Gasteiger partial charge >= 0.3 is 0 Å². The van der Waals surface area contributed by atoms with Gasteiger partial charge in [0.25, 0.3) is 0 Å². The molecule has 0 saturated heterocycles. The Hall–Kier alpha value is -0.0800. The summed E-state index contributed by atoms with van der Waals surface area (Å²) in [6.45, 7) is 4.38. The van der Waals surface area contributed by atoms with Gasteiger partial charge in [0.05, 0.1) is 0 Å². The molecule has 0 radical (unpaired) electrons.